The van der Waals surface area contributed by atoms with Crippen LogP contribution in [0, 0.1) is 17.2 Å². The number of sulfonamides is 1. The number of nitriles is 1. The molecule has 0 aliphatic rings. The van der Waals surface area contributed by atoms with Gasteiger partial charge in [-0.25, -0.2) is 13.1 Å². The molecule has 0 unspecified atom stereocenters. The minimum Gasteiger partial charge on any atom is -0.235 e. The van der Waals surface area contributed by atoms with E-state index in [1.54, 1.807) is 0 Å². The van der Waals surface area contributed by atoms with Crippen LogP contribution < -0.4 is 0 Å². The number of rotatable bonds is 6. The first-order chi connectivity index (χ1) is 8.80. The van der Waals surface area contributed by atoms with Gasteiger partial charge in [0, 0.05) is 26.6 Å². The Labute approximate surface area is 121 Å². The van der Waals surface area contributed by atoms with Crippen molar-refractivity contribution in [2.45, 2.75) is 25.3 Å². The molecule has 19 heavy (non-hydrogen) atoms. The molecule has 106 valence electrons. The molecule has 0 atom stereocenters. The standard InChI is InChI=1S/C10H16BrN5O2S/c1-8(2)7-16(6-4-5-12)19(17,18)10-9(11)13-14-15(10)3/h8H,4,6-7H2,1-3H3. The number of hydrogen-bond donors (Lipinski definition) is 0. The van der Waals surface area contributed by atoms with Crippen molar-refractivity contribution in [1.82, 2.24) is 19.3 Å². The smallest absolute Gasteiger partial charge is 0.235 e. The van der Waals surface area contributed by atoms with Crippen LogP contribution in [-0.2, 0) is 17.1 Å². The second kappa shape index (κ2) is 6.45. The molecule has 0 saturated carbocycles. The van der Waals surface area contributed by atoms with Gasteiger partial charge in [-0.05, 0) is 21.8 Å². The average Bonchev–Trinajstić information content (AvgIpc) is 2.64. The highest BCUT2D eigenvalue weighted by molar-refractivity contribution is 9.10. The van der Waals surface area contributed by atoms with Gasteiger partial charge >= 0.3 is 0 Å². The van der Waals surface area contributed by atoms with Gasteiger partial charge in [0.15, 0.2) is 4.60 Å². The monoisotopic (exact) mass is 349 g/mol. The Balaban J connectivity index is 3.16. The van der Waals surface area contributed by atoms with Crippen molar-refractivity contribution in [3.8, 4) is 6.07 Å². The summed E-state index contributed by atoms with van der Waals surface area (Å²) in [7, 11) is -2.20. The summed E-state index contributed by atoms with van der Waals surface area (Å²) >= 11 is 3.09. The van der Waals surface area contributed by atoms with E-state index in [1.165, 1.54) is 16.0 Å². The van der Waals surface area contributed by atoms with E-state index in [0.717, 1.165) is 0 Å². The molecule has 1 aromatic rings. The van der Waals surface area contributed by atoms with Gasteiger partial charge in [-0.15, -0.1) is 5.10 Å². The zero-order valence-electron chi connectivity index (χ0n) is 11.0. The lowest BCUT2D eigenvalue weighted by Crippen LogP contribution is -2.36. The lowest BCUT2D eigenvalue weighted by molar-refractivity contribution is 0.369. The lowest BCUT2D eigenvalue weighted by atomic mass is 10.2. The zero-order chi connectivity index (χ0) is 14.6. The first kappa shape index (κ1) is 16.1. The van der Waals surface area contributed by atoms with Crippen LogP contribution in [-0.4, -0.2) is 40.8 Å². The number of hydrogen-bond acceptors (Lipinski definition) is 5. The van der Waals surface area contributed by atoms with Gasteiger partial charge in [0.1, 0.15) is 0 Å². The highest BCUT2D eigenvalue weighted by Crippen LogP contribution is 2.23. The molecule has 0 aliphatic carbocycles. The van der Waals surface area contributed by atoms with E-state index >= 15 is 0 Å². The molecule has 0 saturated heterocycles. The van der Waals surface area contributed by atoms with E-state index in [0.29, 0.717) is 6.54 Å². The second-order valence-corrected chi connectivity index (χ2v) is 7.08. The third-order valence-corrected chi connectivity index (χ3v) is 5.12. The maximum absolute atomic E-state index is 12.6. The molecule has 0 spiro atoms. The Morgan fingerprint density at radius 3 is 2.58 bits per heavy atom. The summed E-state index contributed by atoms with van der Waals surface area (Å²) in [6, 6.07) is 1.96. The van der Waals surface area contributed by atoms with Crippen LogP contribution in [0.3, 0.4) is 0 Å². The Bertz CT molecular complexity index is 556. The highest BCUT2D eigenvalue weighted by atomic mass is 79.9. The van der Waals surface area contributed by atoms with E-state index in [4.69, 9.17) is 5.26 Å². The van der Waals surface area contributed by atoms with E-state index in [-0.39, 0.29) is 28.5 Å². The van der Waals surface area contributed by atoms with Crippen molar-refractivity contribution in [1.29, 1.82) is 5.26 Å². The third-order valence-electron chi connectivity index (χ3n) is 2.36. The van der Waals surface area contributed by atoms with Gasteiger partial charge in [-0.2, -0.15) is 9.57 Å². The molecule has 0 bridgehead atoms. The van der Waals surface area contributed by atoms with Crippen molar-refractivity contribution < 1.29 is 8.42 Å². The molecule has 0 radical (unpaired) electrons. The van der Waals surface area contributed by atoms with Crippen molar-refractivity contribution in [3.63, 3.8) is 0 Å². The van der Waals surface area contributed by atoms with Gasteiger partial charge in [0.25, 0.3) is 10.0 Å². The molecule has 9 heteroatoms. The summed E-state index contributed by atoms with van der Waals surface area (Å²) in [6.45, 7) is 4.35. The summed E-state index contributed by atoms with van der Waals surface area (Å²) in [5.74, 6) is 0.161. The van der Waals surface area contributed by atoms with Crippen LogP contribution in [0.5, 0.6) is 0 Å². The Morgan fingerprint density at radius 1 is 1.53 bits per heavy atom. The van der Waals surface area contributed by atoms with Crippen LogP contribution >= 0.6 is 15.9 Å². The van der Waals surface area contributed by atoms with Crippen LogP contribution in [0.25, 0.3) is 0 Å². The highest BCUT2D eigenvalue weighted by Gasteiger charge is 2.31. The van der Waals surface area contributed by atoms with Gasteiger partial charge in [0.05, 0.1) is 6.07 Å². The van der Waals surface area contributed by atoms with Crippen molar-refractivity contribution in [3.05, 3.63) is 4.60 Å². The summed E-state index contributed by atoms with van der Waals surface area (Å²) in [5.41, 5.74) is 0. The average molecular weight is 350 g/mol. The van der Waals surface area contributed by atoms with Gasteiger partial charge in [0.2, 0.25) is 5.03 Å². The summed E-state index contributed by atoms with van der Waals surface area (Å²) in [6.07, 6.45) is 0.148. The van der Waals surface area contributed by atoms with Crippen molar-refractivity contribution in [2.24, 2.45) is 13.0 Å². The van der Waals surface area contributed by atoms with Crippen LogP contribution in [0.2, 0.25) is 0 Å². The molecule has 0 aromatic carbocycles. The SMILES string of the molecule is CC(C)CN(CCC#N)S(=O)(=O)c1c(Br)nnn1C. The summed E-state index contributed by atoms with van der Waals surface area (Å²) in [5, 5.41) is 16.0. The molecule has 0 fully saturated rings. The molecule has 0 amide bonds. The molecular weight excluding hydrogens is 334 g/mol. The molecule has 0 N–H and O–H groups in total. The summed E-state index contributed by atoms with van der Waals surface area (Å²) in [4.78, 5) is 0. The van der Waals surface area contributed by atoms with E-state index in [1.807, 2.05) is 19.9 Å². The van der Waals surface area contributed by atoms with E-state index < -0.39 is 10.0 Å². The second-order valence-electron chi connectivity index (χ2n) is 4.47. The largest absolute Gasteiger partial charge is 0.263 e. The first-order valence-electron chi connectivity index (χ1n) is 5.73. The number of aromatic nitrogens is 3. The fraction of sp³-hybridized carbons (Fsp3) is 0.700. The Morgan fingerprint density at radius 2 is 2.16 bits per heavy atom. The third kappa shape index (κ3) is 3.75. The molecule has 1 heterocycles. The first-order valence-corrected chi connectivity index (χ1v) is 7.96. The van der Waals surface area contributed by atoms with E-state index in [9.17, 15) is 8.42 Å². The molecular formula is C10H16BrN5O2S. The fourth-order valence-electron chi connectivity index (χ4n) is 1.61. The van der Waals surface area contributed by atoms with Gasteiger partial charge in [-0.3, -0.25) is 0 Å². The minimum atomic E-state index is -3.71. The number of aryl methyl sites for hydroxylation is 1. The van der Waals surface area contributed by atoms with E-state index in [2.05, 4.69) is 26.2 Å². The lowest BCUT2D eigenvalue weighted by Gasteiger charge is -2.22. The zero-order valence-corrected chi connectivity index (χ0v) is 13.4. The quantitative estimate of drug-likeness (QED) is 0.767. The van der Waals surface area contributed by atoms with Crippen molar-refractivity contribution >= 4 is 26.0 Å². The van der Waals surface area contributed by atoms with Gasteiger partial charge in [-0.1, -0.05) is 19.1 Å². The molecule has 7 nitrogen and oxygen atoms in total. The van der Waals surface area contributed by atoms with Gasteiger partial charge < -0.3 is 0 Å². The number of halogens is 1. The predicted octanol–water partition coefficient (Wildman–Crippen LogP) is 1.14. The topological polar surface area (TPSA) is 91.9 Å². The maximum Gasteiger partial charge on any atom is 0.263 e. The Hall–Kier alpha value is -0.980. The number of nitrogens with zero attached hydrogens (tertiary/aromatic N) is 5. The molecule has 1 aromatic heterocycles. The van der Waals surface area contributed by atoms with Crippen molar-refractivity contribution in [2.75, 3.05) is 13.1 Å². The minimum absolute atomic E-state index is 0.00564. The molecule has 1 rings (SSSR count). The maximum atomic E-state index is 12.6. The predicted molar refractivity (Wildman–Crippen MR) is 72.5 cm³/mol. The molecule has 0 aliphatic heterocycles. The Kier molecular flexibility index (Phi) is 5.46. The summed E-state index contributed by atoms with van der Waals surface area (Å²) < 4.78 is 27.8. The van der Waals surface area contributed by atoms with Crippen LogP contribution in [0.15, 0.2) is 9.63 Å². The normalized spacial score (nSPS) is 12.1. The fourth-order valence-corrected chi connectivity index (χ4v) is 4.25. The van der Waals surface area contributed by atoms with Crippen LogP contribution in [0.1, 0.15) is 20.3 Å². The van der Waals surface area contributed by atoms with Crippen LogP contribution in [0.4, 0.5) is 0 Å².